The molecule has 0 saturated carbocycles. The number of aromatic nitrogens is 3. The van der Waals surface area contributed by atoms with Gasteiger partial charge in [0.2, 0.25) is 5.91 Å². The van der Waals surface area contributed by atoms with Crippen LogP contribution < -0.4 is 5.32 Å². The number of hydrogen-bond donors (Lipinski definition) is 1. The lowest BCUT2D eigenvalue weighted by Crippen LogP contribution is -2.22. The van der Waals surface area contributed by atoms with Crippen molar-refractivity contribution < 1.29 is 9.59 Å². The van der Waals surface area contributed by atoms with E-state index in [9.17, 15) is 9.59 Å². The molecule has 7 nitrogen and oxygen atoms in total. The van der Waals surface area contributed by atoms with Crippen LogP contribution in [0.15, 0.2) is 72.2 Å². The van der Waals surface area contributed by atoms with Crippen molar-refractivity contribution >= 4 is 45.7 Å². The Bertz CT molecular complexity index is 1400. The van der Waals surface area contributed by atoms with Crippen LogP contribution >= 0.6 is 11.6 Å². The molecule has 1 N–H and O–H groups in total. The van der Waals surface area contributed by atoms with E-state index in [0.29, 0.717) is 10.7 Å². The van der Waals surface area contributed by atoms with E-state index in [1.54, 1.807) is 24.3 Å². The molecule has 8 heteroatoms. The number of carbonyl (C=O) groups is 2. The Morgan fingerprint density at radius 2 is 1.91 bits per heavy atom. The summed E-state index contributed by atoms with van der Waals surface area (Å²) in [6.45, 7) is 3.64. The third kappa shape index (κ3) is 4.07. The molecule has 2 aromatic carbocycles. The molecule has 1 fully saturated rings. The van der Waals surface area contributed by atoms with Gasteiger partial charge in [-0.15, -0.1) is 0 Å². The summed E-state index contributed by atoms with van der Waals surface area (Å²) in [6, 6.07) is 14.9. The number of halogens is 1. The van der Waals surface area contributed by atoms with Gasteiger partial charge in [-0.3, -0.25) is 14.9 Å². The lowest BCUT2D eigenvalue weighted by Gasteiger charge is -2.08. The number of hydrogen-bond acceptors (Lipinski definition) is 4. The number of imide groups is 1. The largest absolute Gasteiger partial charge is 0.347 e. The van der Waals surface area contributed by atoms with Crippen molar-refractivity contribution in [3.8, 4) is 0 Å². The van der Waals surface area contributed by atoms with E-state index >= 15 is 0 Å². The van der Waals surface area contributed by atoms with E-state index in [-0.39, 0.29) is 11.6 Å². The van der Waals surface area contributed by atoms with Crippen LogP contribution in [0.1, 0.15) is 23.6 Å². The van der Waals surface area contributed by atoms with Gasteiger partial charge in [-0.05, 0) is 43.2 Å². The molecule has 1 atom stereocenters. The number of carbonyl (C=O) groups excluding carboxylic acids is 2. The molecule has 166 valence electrons. The summed E-state index contributed by atoms with van der Waals surface area (Å²) in [4.78, 5) is 34.2. The molecule has 33 heavy (non-hydrogen) atoms. The molecule has 2 amide bonds. The van der Waals surface area contributed by atoms with Crippen molar-refractivity contribution in [2.75, 3.05) is 0 Å². The number of nitrogens with zero attached hydrogens (tertiary/aromatic N) is 4. The summed E-state index contributed by atoms with van der Waals surface area (Å²) in [5.74, 6) is -1.62. The van der Waals surface area contributed by atoms with E-state index in [2.05, 4.69) is 24.4 Å². The first kappa shape index (κ1) is 21.2. The number of para-hydroxylation sites is 1. The van der Waals surface area contributed by atoms with Crippen LogP contribution in [0.2, 0.25) is 5.02 Å². The molecule has 0 bridgehead atoms. The highest BCUT2D eigenvalue weighted by molar-refractivity contribution is 6.52. The number of amides is 2. The zero-order chi connectivity index (χ0) is 22.9. The molecule has 1 aliphatic rings. The van der Waals surface area contributed by atoms with Crippen LogP contribution in [0.5, 0.6) is 0 Å². The fraction of sp³-hybridized carbons (Fsp3) is 0.200. The highest BCUT2D eigenvalue weighted by Gasteiger charge is 2.40. The third-order valence-electron chi connectivity index (χ3n) is 5.91. The standard InChI is InChI=1S/C25H22ClN5O2/c1-16-13-27-15-31(16)11-5-10-30-14-20(19-8-2-3-9-21(19)30)22-23(25(33)29-24(22)32)28-18-7-4-6-17(26)12-18/h2-4,6-9,12-15,22H,5,10-11H2,1H3,(H,29,32,33). The summed E-state index contributed by atoms with van der Waals surface area (Å²) < 4.78 is 4.26. The number of aryl methyl sites for hydroxylation is 3. The highest BCUT2D eigenvalue weighted by atomic mass is 35.5. The summed E-state index contributed by atoms with van der Waals surface area (Å²) in [5, 5.41) is 3.88. The maximum absolute atomic E-state index is 12.9. The Morgan fingerprint density at radius 1 is 1.09 bits per heavy atom. The molecule has 5 rings (SSSR count). The number of fused-ring (bicyclic) bond motifs is 1. The molecule has 0 radical (unpaired) electrons. The maximum atomic E-state index is 12.9. The van der Waals surface area contributed by atoms with Crippen LogP contribution in [0.4, 0.5) is 5.69 Å². The summed E-state index contributed by atoms with van der Waals surface area (Å²) in [6.07, 6.45) is 6.55. The van der Waals surface area contributed by atoms with Crippen molar-refractivity contribution in [3.05, 3.63) is 83.5 Å². The van der Waals surface area contributed by atoms with Gasteiger partial charge in [0.1, 0.15) is 11.6 Å². The van der Waals surface area contributed by atoms with Gasteiger partial charge in [0.05, 0.1) is 12.0 Å². The van der Waals surface area contributed by atoms with Crippen LogP contribution in [0.3, 0.4) is 0 Å². The molecular weight excluding hydrogens is 438 g/mol. The predicted molar refractivity (Wildman–Crippen MR) is 128 cm³/mol. The normalized spacial score (nSPS) is 17.3. The summed E-state index contributed by atoms with van der Waals surface area (Å²) >= 11 is 6.08. The van der Waals surface area contributed by atoms with Crippen molar-refractivity contribution in [2.24, 2.45) is 4.99 Å². The number of nitrogens with one attached hydrogen (secondary N) is 1. The van der Waals surface area contributed by atoms with Crippen LogP contribution in [0, 0.1) is 6.92 Å². The minimum absolute atomic E-state index is 0.180. The fourth-order valence-electron chi connectivity index (χ4n) is 4.31. The monoisotopic (exact) mass is 459 g/mol. The van der Waals surface area contributed by atoms with Crippen molar-refractivity contribution in [1.29, 1.82) is 0 Å². The van der Waals surface area contributed by atoms with Gasteiger partial charge in [-0.25, -0.2) is 9.98 Å². The smallest absolute Gasteiger partial charge is 0.273 e. The molecular formula is C25H22ClN5O2. The zero-order valence-electron chi connectivity index (χ0n) is 18.0. The first-order chi connectivity index (χ1) is 16.0. The van der Waals surface area contributed by atoms with E-state index in [0.717, 1.165) is 41.7 Å². The third-order valence-corrected chi connectivity index (χ3v) is 6.15. The molecule has 2 aromatic heterocycles. The van der Waals surface area contributed by atoms with Crippen LogP contribution in [-0.2, 0) is 22.7 Å². The van der Waals surface area contributed by atoms with Gasteiger partial charge in [0.15, 0.2) is 0 Å². The van der Waals surface area contributed by atoms with Crippen molar-refractivity contribution in [2.45, 2.75) is 32.4 Å². The topological polar surface area (TPSA) is 81.3 Å². The van der Waals surface area contributed by atoms with Crippen molar-refractivity contribution in [1.82, 2.24) is 19.4 Å². The molecule has 1 aliphatic heterocycles. The molecule has 3 heterocycles. The zero-order valence-corrected chi connectivity index (χ0v) is 18.8. The average molecular weight is 460 g/mol. The van der Waals surface area contributed by atoms with Gasteiger partial charge >= 0.3 is 0 Å². The van der Waals surface area contributed by atoms with E-state index in [1.807, 2.05) is 49.9 Å². The molecule has 1 saturated heterocycles. The lowest BCUT2D eigenvalue weighted by molar-refractivity contribution is -0.124. The maximum Gasteiger partial charge on any atom is 0.273 e. The Kier molecular flexibility index (Phi) is 5.56. The van der Waals surface area contributed by atoms with Gasteiger partial charge in [-0.2, -0.15) is 0 Å². The van der Waals surface area contributed by atoms with Crippen molar-refractivity contribution in [3.63, 3.8) is 0 Å². The van der Waals surface area contributed by atoms with Gasteiger partial charge in [0.25, 0.3) is 5.91 Å². The average Bonchev–Trinajstić information content (AvgIpc) is 3.44. The minimum Gasteiger partial charge on any atom is -0.347 e. The molecule has 4 aromatic rings. The SMILES string of the molecule is Cc1cncn1CCCn1cc(C2C(=O)NC(=O)C2=Nc2cccc(Cl)c2)c2ccccc21. The molecule has 0 spiro atoms. The second-order valence-electron chi connectivity index (χ2n) is 8.11. The number of imidazole rings is 1. The van der Waals surface area contributed by atoms with Gasteiger partial charge < -0.3 is 9.13 Å². The number of benzene rings is 2. The second kappa shape index (κ2) is 8.67. The molecule has 1 unspecified atom stereocenters. The number of rotatable bonds is 6. The minimum atomic E-state index is -0.779. The number of aliphatic imine (C=N–C) groups is 1. The van der Waals surface area contributed by atoms with Crippen LogP contribution in [0.25, 0.3) is 10.9 Å². The van der Waals surface area contributed by atoms with E-state index < -0.39 is 11.8 Å². The predicted octanol–water partition coefficient (Wildman–Crippen LogP) is 4.40. The van der Waals surface area contributed by atoms with E-state index in [4.69, 9.17) is 11.6 Å². The highest BCUT2D eigenvalue weighted by Crippen LogP contribution is 2.33. The summed E-state index contributed by atoms with van der Waals surface area (Å²) in [7, 11) is 0. The Balaban J connectivity index is 1.51. The lowest BCUT2D eigenvalue weighted by atomic mass is 9.95. The Labute approximate surface area is 195 Å². The fourth-order valence-corrected chi connectivity index (χ4v) is 4.50. The first-order valence-electron chi connectivity index (χ1n) is 10.7. The Hall–Kier alpha value is -3.71. The van der Waals surface area contributed by atoms with E-state index in [1.165, 1.54) is 0 Å². The Morgan fingerprint density at radius 3 is 2.70 bits per heavy atom. The molecule has 0 aliphatic carbocycles. The van der Waals surface area contributed by atoms with Crippen LogP contribution in [-0.4, -0.2) is 31.6 Å². The second-order valence-corrected chi connectivity index (χ2v) is 8.54. The van der Waals surface area contributed by atoms with Gasteiger partial charge in [-0.1, -0.05) is 35.9 Å². The summed E-state index contributed by atoms with van der Waals surface area (Å²) in [5.41, 5.74) is 3.62. The first-order valence-corrected chi connectivity index (χ1v) is 11.1. The quantitative estimate of drug-likeness (QED) is 0.434. The van der Waals surface area contributed by atoms with Gasteiger partial charge in [0, 0.05) is 47.1 Å².